The van der Waals surface area contributed by atoms with Gasteiger partial charge in [0.05, 0.1) is 23.9 Å². The molecule has 0 spiro atoms. The molecular weight excluding hydrogens is 532 g/mol. The number of aryl methyl sites for hydroxylation is 2. The number of aromatic nitrogens is 2. The van der Waals surface area contributed by atoms with Crippen LogP contribution in [0.2, 0.25) is 0 Å². The van der Waals surface area contributed by atoms with E-state index in [-0.39, 0.29) is 24.1 Å². The highest BCUT2D eigenvalue weighted by molar-refractivity contribution is 6.04. The summed E-state index contributed by atoms with van der Waals surface area (Å²) < 4.78 is 11.8. The molecule has 1 saturated heterocycles. The first-order valence-corrected chi connectivity index (χ1v) is 14.9. The number of rotatable bonds is 11. The molecule has 5 rings (SSSR count). The predicted molar refractivity (Wildman–Crippen MR) is 163 cm³/mol. The Bertz CT molecular complexity index is 1440. The molecule has 2 N–H and O–H groups in total. The summed E-state index contributed by atoms with van der Waals surface area (Å²) in [6.45, 7) is 8.95. The monoisotopic (exact) mass is 572 g/mol. The van der Waals surface area contributed by atoms with Crippen LogP contribution in [0.1, 0.15) is 91.7 Å². The molecule has 2 aliphatic rings. The van der Waals surface area contributed by atoms with Gasteiger partial charge in [-0.05, 0) is 70.1 Å². The van der Waals surface area contributed by atoms with E-state index in [0.717, 1.165) is 67.5 Å². The first kappa shape index (κ1) is 29.6. The Balaban J connectivity index is 1.28. The quantitative estimate of drug-likeness (QED) is 0.263. The molecule has 222 valence electrons. The molecule has 10 heteroatoms. The number of pyridine rings is 1. The second kappa shape index (κ2) is 13.8. The van der Waals surface area contributed by atoms with Crippen LogP contribution in [0.5, 0.6) is 0 Å². The third-order valence-electron chi connectivity index (χ3n) is 7.70. The lowest BCUT2D eigenvalue weighted by Gasteiger charge is -2.27. The van der Waals surface area contributed by atoms with Crippen LogP contribution in [0.4, 0.5) is 5.69 Å². The maximum absolute atomic E-state index is 13.1. The van der Waals surface area contributed by atoms with Crippen molar-refractivity contribution >= 4 is 23.6 Å². The number of amides is 1. The van der Waals surface area contributed by atoms with Gasteiger partial charge in [-0.2, -0.15) is 0 Å². The van der Waals surface area contributed by atoms with E-state index in [1.807, 2.05) is 44.3 Å². The molecule has 2 aliphatic heterocycles. The fourth-order valence-electron chi connectivity index (χ4n) is 5.06. The van der Waals surface area contributed by atoms with E-state index in [0.29, 0.717) is 23.0 Å². The molecule has 3 unspecified atom stereocenters. The number of unbranched alkanes of at least 4 members (excludes halogenated alkanes) is 1. The first-order valence-electron chi connectivity index (χ1n) is 14.9. The van der Waals surface area contributed by atoms with Gasteiger partial charge in [-0.25, -0.2) is 20.3 Å². The van der Waals surface area contributed by atoms with Crippen molar-refractivity contribution in [2.45, 2.75) is 91.0 Å². The number of carbonyl (C=O) groups is 1. The van der Waals surface area contributed by atoms with Crippen molar-refractivity contribution in [1.82, 2.24) is 15.4 Å². The predicted octanol–water partition coefficient (Wildman–Crippen LogP) is 6.17. The van der Waals surface area contributed by atoms with Crippen LogP contribution in [-0.2, 0) is 9.57 Å². The Morgan fingerprint density at radius 2 is 2.05 bits per heavy atom. The highest BCUT2D eigenvalue weighted by Crippen LogP contribution is 2.24. The number of hydrogen-bond donors (Lipinski definition) is 2. The molecular formula is C32H40N6O4. The molecule has 0 saturated carbocycles. The molecule has 2 aromatic heterocycles. The van der Waals surface area contributed by atoms with Gasteiger partial charge in [0.15, 0.2) is 12.1 Å². The maximum atomic E-state index is 13.1. The molecule has 4 heterocycles. The number of anilines is 1. The number of amidine groups is 1. The topological polar surface area (TPSA) is 123 Å². The minimum absolute atomic E-state index is 0.102. The Kier molecular flexibility index (Phi) is 9.76. The van der Waals surface area contributed by atoms with Gasteiger partial charge in [-0.15, -0.1) is 0 Å². The van der Waals surface area contributed by atoms with Crippen molar-refractivity contribution in [3.8, 4) is 11.5 Å². The van der Waals surface area contributed by atoms with Gasteiger partial charge < -0.3 is 14.5 Å². The van der Waals surface area contributed by atoms with Gasteiger partial charge in [0.1, 0.15) is 0 Å². The van der Waals surface area contributed by atoms with Crippen molar-refractivity contribution in [2.24, 2.45) is 9.98 Å². The Morgan fingerprint density at radius 1 is 1.17 bits per heavy atom. The summed E-state index contributed by atoms with van der Waals surface area (Å²) in [5.74, 6) is 0.671. The third kappa shape index (κ3) is 7.11. The van der Waals surface area contributed by atoms with Crippen LogP contribution in [0.15, 0.2) is 51.1 Å². The third-order valence-corrected chi connectivity index (χ3v) is 7.70. The average molecular weight is 573 g/mol. The molecule has 1 aromatic carbocycles. The summed E-state index contributed by atoms with van der Waals surface area (Å²) in [7, 11) is 0. The zero-order valence-electron chi connectivity index (χ0n) is 24.9. The Hall–Kier alpha value is -3.89. The molecule has 42 heavy (non-hydrogen) atoms. The average Bonchev–Trinajstić information content (AvgIpc) is 3.70. The number of aliphatic imine (C=N–C) groups is 2. The molecule has 0 bridgehead atoms. The fourth-order valence-corrected chi connectivity index (χ4v) is 5.06. The lowest BCUT2D eigenvalue weighted by molar-refractivity contribution is 0.000548. The van der Waals surface area contributed by atoms with Crippen LogP contribution in [0.3, 0.4) is 0 Å². The zero-order valence-corrected chi connectivity index (χ0v) is 24.9. The molecule has 10 nitrogen and oxygen atoms in total. The molecule has 1 amide bonds. The van der Waals surface area contributed by atoms with Gasteiger partial charge in [0.2, 0.25) is 11.7 Å². The summed E-state index contributed by atoms with van der Waals surface area (Å²) in [5, 5.41) is 2.95. The van der Waals surface area contributed by atoms with Crippen LogP contribution in [-0.4, -0.2) is 52.9 Å². The number of hydrogen-bond acceptors (Lipinski definition) is 9. The van der Waals surface area contributed by atoms with Crippen molar-refractivity contribution in [2.75, 3.05) is 11.9 Å². The number of benzene rings is 1. The van der Waals surface area contributed by atoms with Gasteiger partial charge in [-0.1, -0.05) is 32.4 Å². The second-order valence-corrected chi connectivity index (χ2v) is 10.9. The zero-order chi connectivity index (χ0) is 29.5. The molecule has 1 fully saturated rings. The molecule has 0 radical (unpaired) electrons. The van der Waals surface area contributed by atoms with Gasteiger partial charge in [0.25, 0.3) is 5.91 Å². The molecule has 3 aromatic rings. The van der Waals surface area contributed by atoms with E-state index in [1.54, 1.807) is 6.20 Å². The number of hydroxylamine groups is 1. The lowest BCUT2D eigenvalue weighted by Crippen LogP contribution is -2.30. The van der Waals surface area contributed by atoms with E-state index in [4.69, 9.17) is 19.0 Å². The largest absolute Gasteiger partial charge is 0.431 e. The normalized spacial score (nSPS) is 19.5. The number of carbonyl (C=O) groups excluding carboxylic acids is 1. The van der Waals surface area contributed by atoms with Crippen molar-refractivity contribution in [3.63, 3.8) is 0 Å². The number of nitrogens with zero attached hydrogens (tertiary/aromatic N) is 4. The van der Waals surface area contributed by atoms with E-state index >= 15 is 0 Å². The summed E-state index contributed by atoms with van der Waals surface area (Å²) in [4.78, 5) is 37.1. The van der Waals surface area contributed by atoms with Crippen molar-refractivity contribution in [3.05, 3.63) is 64.8 Å². The standard InChI is InChI=1S/C32H40N6O4/c1-5-7-11-29-37-30(38-42-29)22-13-12-20(3)26(16-22)36-31(39)28-19-35-32(41-28)24-15-23(21(4)33-18-24)17-34-25(6-2)27-10-8-9-14-40-27/h12-13,15-19,25,27,29H,5-11,14H2,1-4H3,(H,36,39)(H,37,38). The summed E-state index contributed by atoms with van der Waals surface area (Å²) in [6.07, 6.45) is 12.2. The summed E-state index contributed by atoms with van der Waals surface area (Å²) in [5.41, 5.74) is 7.70. The number of nitrogens with one attached hydrogen (secondary N) is 2. The van der Waals surface area contributed by atoms with Crippen LogP contribution in [0, 0.1) is 13.8 Å². The van der Waals surface area contributed by atoms with Gasteiger partial charge in [-0.3, -0.25) is 14.8 Å². The second-order valence-electron chi connectivity index (χ2n) is 10.9. The lowest BCUT2D eigenvalue weighted by atomic mass is 10.0. The van der Waals surface area contributed by atoms with Crippen LogP contribution < -0.4 is 10.8 Å². The SMILES string of the molecule is CCCCC1N=C(c2ccc(C)c(NC(=O)c3cnc(-c4cnc(C)c(C=NC(CC)C5CCCCO5)c4)o3)c2)NO1. The summed E-state index contributed by atoms with van der Waals surface area (Å²) >= 11 is 0. The van der Waals surface area contributed by atoms with Crippen molar-refractivity contribution in [1.29, 1.82) is 0 Å². The van der Waals surface area contributed by atoms with E-state index < -0.39 is 5.91 Å². The highest BCUT2D eigenvalue weighted by atomic mass is 16.7. The van der Waals surface area contributed by atoms with E-state index in [9.17, 15) is 4.79 Å². The number of oxazole rings is 1. The maximum Gasteiger partial charge on any atom is 0.293 e. The van der Waals surface area contributed by atoms with Gasteiger partial charge in [0, 0.05) is 41.5 Å². The smallest absolute Gasteiger partial charge is 0.293 e. The molecule has 3 atom stereocenters. The Morgan fingerprint density at radius 3 is 2.83 bits per heavy atom. The van der Waals surface area contributed by atoms with Crippen LogP contribution >= 0.6 is 0 Å². The highest BCUT2D eigenvalue weighted by Gasteiger charge is 2.23. The van der Waals surface area contributed by atoms with Crippen molar-refractivity contribution < 1.29 is 18.8 Å². The minimum Gasteiger partial charge on any atom is -0.431 e. The van der Waals surface area contributed by atoms with Crippen LogP contribution in [0.25, 0.3) is 11.5 Å². The molecule has 0 aliphatic carbocycles. The minimum atomic E-state index is -0.396. The summed E-state index contributed by atoms with van der Waals surface area (Å²) in [6, 6.07) is 7.81. The Labute approximate surface area is 247 Å². The van der Waals surface area contributed by atoms with E-state index in [2.05, 4.69) is 39.6 Å². The first-order chi connectivity index (χ1) is 20.4. The van der Waals surface area contributed by atoms with Gasteiger partial charge >= 0.3 is 0 Å². The fraction of sp³-hybridized carbons (Fsp3) is 0.469. The number of ether oxygens (including phenoxy) is 1. The van der Waals surface area contributed by atoms with E-state index in [1.165, 1.54) is 12.6 Å².